The maximum atomic E-state index is 12.1. The first-order chi connectivity index (χ1) is 11.2. The second kappa shape index (κ2) is 7.55. The van der Waals surface area contributed by atoms with Gasteiger partial charge in [0.1, 0.15) is 0 Å². The molecule has 0 radical (unpaired) electrons. The Bertz CT molecular complexity index is 685. The maximum Gasteiger partial charge on any atom is 0.271 e. The molecule has 3 rings (SSSR count). The van der Waals surface area contributed by atoms with Crippen LogP contribution in [0.5, 0.6) is 0 Å². The second-order valence-electron chi connectivity index (χ2n) is 5.81. The first-order valence-corrected chi connectivity index (χ1v) is 8.68. The van der Waals surface area contributed by atoms with Crippen molar-refractivity contribution < 1.29 is 4.79 Å². The molecule has 1 amide bonds. The number of carbonyl (C=O) groups excluding carboxylic acids is 1. The number of hydrogen-bond donors (Lipinski definition) is 1. The Hall–Kier alpha value is -1.94. The third-order valence-corrected chi connectivity index (χ3v) is 4.78. The monoisotopic (exact) mass is 370 g/mol. The summed E-state index contributed by atoms with van der Waals surface area (Å²) in [6.07, 6.45) is 4.08. The number of nitrogens with zero attached hydrogens (tertiary/aromatic N) is 1. The van der Waals surface area contributed by atoms with E-state index < -0.39 is 0 Å². The van der Waals surface area contributed by atoms with E-state index in [-0.39, 0.29) is 5.91 Å². The van der Waals surface area contributed by atoms with Crippen molar-refractivity contribution in [1.82, 2.24) is 5.43 Å². The van der Waals surface area contributed by atoms with Gasteiger partial charge in [0.2, 0.25) is 0 Å². The average Bonchev–Trinajstić information content (AvgIpc) is 2.61. The van der Waals surface area contributed by atoms with E-state index in [2.05, 4.69) is 56.8 Å². The van der Waals surface area contributed by atoms with Crippen molar-refractivity contribution in [3.8, 4) is 0 Å². The fourth-order valence-corrected chi connectivity index (χ4v) is 3.18. The highest BCUT2D eigenvalue weighted by Gasteiger charge is 2.19. The van der Waals surface area contributed by atoms with E-state index in [9.17, 15) is 4.79 Å². The van der Waals surface area contributed by atoms with Gasteiger partial charge in [0.15, 0.2) is 0 Å². The van der Waals surface area contributed by atoms with Crippen molar-refractivity contribution in [3.05, 3.63) is 70.2 Å². The van der Waals surface area contributed by atoms with Crippen molar-refractivity contribution in [2.45, 2.75) is 31.6 Å². The molecule has 1 aliphatic rings. The lowest BCUT2D eigenvalue weighted by Crippen LogP contribution is -2.21. The molecular weight excluding hydrogens is 352 g/mol. The molecule has 2 aromatic carbocycles. The third kappa shape index (κ3) is 4.29. The number of hydrogen-bond acceptors (Lipinski definition) is 2. The van der Waals surface area contributed by atoms with Crippen LogP contribution in [0.25, 0.3) is 0 Å². The van der Waals surface area contributed by atoms with E-state index >= 15 is 0 Å². The van der Waals surface area contributed by atoms with Crippen LogP contribution in [-0.2, 0) is 0 Å². The zero-order valence-electron chi connectivity index (χ0n) is 12.8. The summed E-state index contributed by atoms with van der Waals surface area (Å²) in [6, 6.07) is 17.9. The molecular formula is C19H19BrN2O. The lowest BCUT2D eigenvalue weighted by atomic mass is 9.83. The first-order valence-electron chi connectivity index (χ1n) is 7.88. The lowest BCUT2D eigenvalue weighted by molar-refractivity contribution is 0.0954. The van der Waals surface area contributed by atoms with Gasteiger partial charge in [-0.25, -0.2) is 5.43 Å². The molecule has 0 spiro atoms. The predicted octanol–water partition coefficient (Wildman–Crippen LogP) is 4.89. The fourth-order valence-electron chi connectivity index (χ4n) is 2.92. The van der Waals surface area contributed by atoms with E-state index in [4.69, 9.17) is 0 Å². The number of carbonyl (C=O) groups is 1. The molecule has 1 aliphatic carbocycles. The smallest absolute Gasteiger partial charge is 0.267 e. The molecule has 0 saturated heterocycles. The van der Waals surface area contributed by atoms with Crippen LogP contribution in [-0.4, -0.2) is 11.6 Å². The Morgan fingerprint density at radius 2 is 1.65 bits per heavy atom. The highest BCUT2D eigenvalue weighted by molar-refractivity contribution is 9.10. The summed E-state index contributed by atoms with van der Waals surface area (Å²) in [5.41, 5.74) is 5.79. The molecule has 0 unspecified atom stereocenters. The van der Waals surface area contributed by atoms with Crippen LogP contribution < -0.4 is 5.43 Å². The van der Waals surface area contributed by atoms with Crippen molar-refractivity contribution in [1.29, 1.82) is 0 Å². The zero-order chi connectivity index (χ0) is 16.1. The van der Waals surface area contributed by atoms with Crippen molar-refractivity contribution in [2.24, 2.45) is 5.10 Å². The molecule has 0 aliphatic heterocycles. The molecule has 0 aromatic heterocycles. The van der Waals surface area contributed by atoms with Gasteiger partial charge in [-0.15, -0.1) is 0 Å². The molecule has 2 aromatic rings. The minimum atomic E-state index is -0.157. The van der Waals surface area contributed by atoms with Gasteiger partial charge in [-0.1, -0.05) is 46.3 Å². The Balaban J connectivity index is 1.54. The van der Waals surface area contributed by atoms with E-state index in [1.54, 1.807) is 12.1 Å². The molecule has 1 fully saturated rings. The van der Waals surface area contributed by atoms with Gasteiger partial charge in [0, 0.05) is 15.7 Å². The summed E-state index contributed by atoms with van der Waals surface area (Å²) >= 11 is 3.36. The third-order valence-electron chi connectivity index (χ3n) is 4.26. The molecule has 0 atom stereocenters. The number of benzene rings is 2. The molecule has 23 heavy (non-hydrogen) atoms. The summed E-state index contributed by atoms with van der Waals surface area (Å²) in [5, 5.41) is 4.32. The van der Waals surface area contributed by atoms with E-state index in [1.165, 1.54) is 5.56 Å². The van der Waals surface area contributed by atoms with Gasteiger partial charge in [-0.2, -0.15) is 5.10 Å². The van der Waals surface area contributed by atoms with E-state index in [0.717, 1.165) is 35.9 Å². The molecule has 4 heteroatoms. The maximum absolute atomic E-state index is 12.1. The summed E-state index contributed by atoms with van der Waals surface area (Å²) < 4.78 is 0.958. The Kier molecular flexibility index (Phi) is 5.23. The molecule has 3 nitrogen and oxygen atoms in total. The molecule has 1 saturated carbocycles. The van der Waals surface area contributed by atoms with Crippen LogP contribution in [0.4, 0.5) is 0 Å². The number of hydrazone groups is 1. The van der Waals surface area contributed by atoms with Crippen molar-refractivity contribution in [3.63, 3.8) is 0 Å². The summed E-state index contributed by atoms with van der Waals surface area (Å²) in [7, 11) is 0. The minimum Gasteiger partial charge on any atom is -0.267 e. The molecule has 0 heterocycles. The van der Waals surface area contributed by atoms with Crippen LogP contribution in [0, 0.1) is 0 Å². The van der Waals surface area contributed by atoms with Crippen molar-refractivity contribution in [2.75, 3.05) is 0 Å². The Labute approximate surface area is 144 Å². The van der Waals surface area contributed by atoms with Crippen LogP contribution >= 0.6 is 15.9 Å². The van der Waals surface area contributed by atoms with Crippen LogP contribution in [0.15, 0.2) is 64.2 Å². The fraction of sp³-hybridized carbons (Fsp3) is 0.263. The first kappa shape index (κ1) is 15.9. The quantitative estimate of drug-likeness (QED) is 0.767. The van der Waals surface area contributed by atoms with Crippen LogP contribution in [0.2, 0.25) is 0 Å². The van der Waals surface area contributed by atoms with Gasteiger partial charge >= 0.3 is 0 Å². The average molecular weight is 371 g/mol. The number of amides is 1. The van der Waals surface area contributed by atoms with Crippen molar-refractivity contribution >= 4 is 27.5 Å². The molecule has 118 valence electrons. The van der Waals surface area contributed by atoms with Crippen LogP contribution in [0.1, 0.15) is 47.5 Å². The molecule has 1 N–H and O–H groups in total. The van der Waals surface area contributed by atoms with Gasteiger partial charge in [-0.3, -0.25) is 4.79 Å². The number of rotatable bonds is 3. The van der Waals surface area contributed by atoms with Crippen LogP contribution in [0.3, 0.4) is 0 Å². The van der Waals surface area contributed by atoms with Gasteiger partial charge in [0.05, 0.1) is 0 Å². The second-order valence-corrected chi connectivity index (χ2v) is 6.73. The summed E-state index contributed by atoms with van der Waals surface area (Å²) in [6.45, 7) is 0. The standard InChI is InChI=1S/C19H19BrN2O/c20-17-10-6-16(7-11-17)19(23)22-21-18-12-8-15(9-13-18)14-4-2-1-3-5-14/h1-7,10-11,15H,8-9,12-13H2,(H,22,23). The van der Waals surface area contributed by atoms with Gasteiger partial charge < -0.3 is 0 Å². The minimum absolute atomic E-state index is 0.157. The summed E-state index contributed by atoms with van der Waals surface area (Å²) in [4.78, 5) is 12.1. The number of nitrogens with one attached hydrogen (secondary N) is 1. The summed E-state index contributed by atoms with van der Waals surface area (Å²) in [5.74, 6) is 0.451. The normalized spacial score (nSPS) is 17.6. The number of halogens is 1. The Morgan fingerprint density at radius 3 is 2.30 bits per heavy atom. The highest BCUT2D eigenvalue weighted by Crippen LogP contribution is 2.31. The largest absolute Gasteiger partial charge is 0.271 e. The zero-order valence-corrected chi connectivity index (χ0v) is 14.4. The van der Waals surface area contributed by atoms with E-state index in [0.29, 0.717) is 11.5 Å². The molecule has 0 bridgehead atoms. The SMILES string of the molecule is O=C(NN=C1CCC(c2ccccc2)CC1)c1ccc(Br)cc1. The topological polar surface area (TPSA) is 41.5 Å². The lowest BCUT2D eigenvalue weighted by Gasteiger charge is -2.23. The Morgan fingerprint density at radius 1 is 1.00 bits per heavy atom. The van der Waals surface area contributed by atoms with Gasteiger partial charge in [-0.05, 0) is 61.4 Å². The van der Waals surface area contributed by atoms with Gasteiger partial charge in [0.25, 0.3) is 5.91 Å². The predicted molar refractivity (Wildman–Crippen MR) is 96.7 cm³/mol. The van der Waals surface area contributed by atoms with E-state index in [1.807, 2.05) is 12.1 Å². The highest BCUT2D eigenvalue weighted by atomic mass is 79.9.